The molecule has 0 N–H and O–H groups in total. The van der Waals surface area contributed by atoms with Crippen LogP contribution in [0.5, 0.6) is 0 Å². The summed E-state index contributed by atoms with van der Waals surface area (Å²) in [6, 6.07) is 7.91. The van der Waals surface area contributed by atoms with E-state index >= 15 is 0 Å². The van der Waals surface area contributed by atoms with Gasteiger partial charge in [0, 0.05) is 11.6 Å². The summed E-state index contributed by atoms with van der Waals surface area (Å²) in [7, 11) is 0. The number of aromatic nitrogens is 2. The zero-order valence-electron chi connectivity index (χ0n) is 9.08. The van der Waals surface area contributed by atoms with Gasteiger partial charge in [-0.1, -0.05) is 18.2 Å². The van der Waals surface area contributed by atoms with Gasteiger partial charge < -0.3 is 15.0 Å². The first-order chi connectivity index (χ1) is 6.70. The van der Waals surface area contributed by atoms with E-state index in [1.54, 1.807) is 6.33 Å². The number of carbonyl (C=O) groups excluding carboxylic acids is 1. The van der Waals surface area contributed by atoms with Crippen LogP contribution in [0.15, 0.2) is 36.8 Å². The van der Waals surface area contributed by atoms with E-state index in [1.807, 2.05) is 30.5 Å². The Hall–Kier alpha value is 1.10. The molecule has 72 valence electrons. The number of carboxylic acid groups (broad SMARTS) is 2. The van der Waals surface area contributed by atoms with Gasteiger partial charge in [0.1, 0.15) is 6.33 Å². The molecule has 0 saturated carbocycles. The summed E-state index contributed by atoms with van der Waals surface area (Å²) >= 11 is 0. The molecular formula is C9H6K2N2O3. The maximum Gasteiger partial charge on any atom is 1.00 e. The quantitative estimate of drug-likeness (QED) is 0.443. The Bertz CT molecular complexity index is 370. The predicted octanol–water partition coefficient (Wildman–Crippen LogP) is -6.81. The summed E-state index contributed by atoms with van der Waals surface area (Å²) in [6.07, 6.45) is 1.03. The minimum atomic E-state index is -2.33. The van der Waals surface area contributed by atoms with Crippen LogP contribution in [0.1, 0.15) is 0 Å². The number of benzene rings is 1. The molecule has 1 aromatic heterocycles. The number of fused-ring (bicyclic) bond motifs is 1. The van der Waals surface area contributed by atoms with Crippen molar-refractivity contribution in [3.63, 3.8) is 0 Å². The van der Waals surface area contributed by atoms with Crippen LogP contribution in [0.3, 0.4) is 0 Å². The van der Waals surface area contributed by atoms with Crippen molar-refractivity contribution in [1.29, 1.82) is 0 Å². The molecule has 0 fully saturated rings. The molecule has 0 radical (unpaired) electrons. The average molecular weight is 268 g/mol. The zero-order chi connectivity index (χ0) is 10.4. The van der Waals surface area contributed by atoms with Crippen LogP contribution in [0.2, 0.25) is 0 Å². The minimum Gasteiger partial charge on any atom is -0.652 e. The molecule has 2 aromatic rings. The van der Waals surface area contributed by atoms with Gasteiger partial charge in [0.15, 0.2) is 0 Å². The van der Waals surface area contributed by atoms with Crippen LogP contribution >= 0.6 is 0 Å². The number of nitrogens with zero attached hydrogens (tertiary/aromatic N) is 2. The smallest absolute Gasteiger partial charge is 0.652 e. The van der Waals surface area contributed by atoms with Gasteiger partial charge in [-0.3, -0.25) is 0 Å². The van der Waals surface area contributed by atoms with Crippen molar-refractivity contribution in [2.24, 2.45) is 0 Å². The fraction of sp³-hybridized carbons (Fsp3) is 0. The molecule has 16 heavy (non-hydrogen) atoms. The summed E-state index contributed by atoms with van der Waals surface area (Å²) in [5.74, 6) is 0. The van der Waals surface area contributed by atoms with Crippen molar-refractivity contribution < 1.29 is 118 Å². The third kappa shape index (κ3) is 8.23. The second-order valence-corrected chi connectivity index (χ2v) is 2.33. The van der Waals surface area contributed by atoms with Gasteiger partial charge in [0.05, 0.1) is 5.52 Å². The summed E-state index contributed by atoms with van der Waals surface area (Å²) in [5.41, 5.74) is 0.998. The molecule has 0 amide bonds. The summed E-state index contributed by atoms with van der Waals surface area (Å²) in [6.45, 7) is 0. The summed E-state index contributed by atoms with van der Waals surface area (Å²) in [4.78, 5) is 16.3. The molecule has 0 spiro atoms. The van der Waals surface area contributed by atoms with Gasteiger partial charge in [-0.25, -0.2) is 9.97 Å². The van der Waals surface area contributed by atoms with Gasteiger partial charge >= 0.3 is 103 Å². The van der Waals surface area contributed by atoms with Gasteiger partial charge in [-0.05, 0) is 12.2 Å². The van der Waals surface area contributed by atoms with Crippen molar-refractivity contribution in [3.8, 4) is 0 Å². The van der Waals surface area contributed by atoms with Gasteiger partial charge in [0.2, 0.25) is 0 Å². The van der Waals surface area contributed by atoms with Crippen LogP contribution < -0.4 is 113 Å². The van der Waals surface area contributed by atoms with E-state index < -0.39 is 6.16 Å². The number of rotatable bonds is 0. The van der Waals surface area contributed by atoms with Crippen LogP contribution in [-0.4, -0.2) is 16.1 Å². The van der Waals surface area contributed by atoms with Crippen molar-refractivity contribution in [3.05, 3.63) is 36.8 Å². The molecule has 7 heteroatoms. The Morgan fingerprint density at radius 2 is 1.69 bits per heavy atom. The fourth-order valence-electron chi connectivity index (χ4n) is 0.923. The first-order valence-electron chi connectivity index (χ1n) is 3.73. The molecule has 2 rings (SSSR count). The first kappa shape index (κ1) is 19.4. The van der Waals surface area contributed by atoms with Gasteiger partial charge in [0.25, 0.3) is 0 Å². The monoisotopic (exact) mass is 268 g/mol. The van der Waals surface area contributed by atoms with Crippen molar-refractivity contribution in [2.75, 3.05) is 0 Å². The third-order valence-corrected chi connectivity index (χ3v) is 1.41. The summed E-state index contributed by atoms with van der Waals surface area (Å²) in [5, 5.41) is 17.8. The molecule has 0 saturated heterocycles. The van der Waals surface area contributed by atoms with Crippen LogP contribution in [-0.2, 0) is 0 Å². The third-order valence-electron chi connectivity index (χ3n) is 1.41. The Balaban J connectivity index is 0. The van der Waals surface area contributed by atoms with Crippen molar-refractivity contribution in [2.45, 2.75) is 0 Å². The Kier molecular flexibility index (Phi) is 13.6. The minimum absolute atomic E-state index is 0. The molecular weight excluding hydrogens is 262 g/mol. The van der Waals surface area contributed by atoms with Crippen LogP contribution in [0, 0.1) is 0 Å². The van der Waals surface area contributed by atoms with E-state index in [4.69, 9.17) is 15.0 Å². The Labute approximate surface area is 178 Å². The first-order valence-corrected chi connectivity index (χ1v) is 3.73. The molecule has 0 bridgehead atoms. The van der Waals surface area contributed by atoms with E-state index in [1.165, 1.54) is 0 Å². The SMILES string of the molecule is O=C([O-])[O-].[K+].[K+].c1ccc2ncncc2c1. The van der Waals surface area contributed by atoms with Crippen LogP contribution in [0.4, 0.5) is 4.79 Å². The van der Waals surface area contributed by atoms with Crippen molar-refractivity contribution in [1.82, 2.24) is 9.97 Å². The number of carbonyl (C=O) groups is 1. The maximum absolute atomic E-state index is 8.33. The normalized spacial score (nSPS) is 7.75. The largest absolute Gasteiger partial charge is 1.00 e. The van der Waals surface area contributed by atoms with Gasteiger partial charge in [-0.2, -0.15) is 0 Å². The molecule has 0 aliphatic carbocycles. The van der Waals surface area contributed by atoms with E-state index in [9.17, 15) is 0 Å². The molecule has 0 aliphatic heterocycles. The second-order valence-electron chi connectivity index (χ2n) is 2.33. The van der Waals surface area contributed by atoms with Crippen LogP contribution in [0.25, 0.3) is 10.9 Å². The molecule has 1 heterocycles. The van der Waals surface area contributed by atoms with E-state index in [0.717, 1.165) is 10.9 Å². The summed E-state index contributed by atoms with van der Waals surface area (Å²) < 4.78 is 0. The topological polar surface area (TPSA) is 89.0 Å². The Morgan fingerprint density at radius 1 is 1.12 bits per heavy atom. The molecule has 0 atom stereocenters. The number of hydrogen-bond acceptors (Lipinski definition) is 5. The number of hydrogen-bond donors (Lipinski definition) is 0. The van der Waals surface area contributed by atoms with E-state index in [-0.39, 0.29) is 103 Å². The van der Waals surface area contributed by atoms with Crippen molar-refractivity contribution >= 4 is 17.1 Å². The standard InChI is InChI=1S/C8H6N2.CH2O3.2K/c1-2-4-8-7(3-1)5-9-6-10-8;2-1(3)4;;/h1-6H;(H2,2,3,4);;/q;;2*+1/p-2. The van der Waals surface area contributed by atoms with E-state index in [0.29, 0.717) is 0 Å². The average Bonchev–Trinajstić information content (AvgIpc) is 2.17. The maximum atomic E-state index is 8.33. The van der Waals surface area contributed by atoms with Gasteiger partial charge in [-0.15, -0.1) is 0 Å². The molecule has 0 unspecified atom stereocenters. The zero-order valence-corrected chi connectivity index (χ0v) is 15.3. The number of para-hydroxylation sites is 1. The molecule has 5 nitrogen and oxygen atoms in total. The predicted molar refractivity (Wildman–Crippen MR) is 44.9 cm³/mol. The van der Waals surface area contributed by atoms with E-state index in [2.05, 4.69) is 9.97 Å². The Morgan fingerprint density at radius 3 is 2.25 bits per heavy atom. The molecule has 1 aromatic carbocycles. The molecule has 0 aliphatic rings. The second kappa shape index (κ2) is 11.2. The fourth-order valence-corrected chi connectivity index (χ4v) is 0.923.